The van der Waals surface area contributed by atoms with E-state index in [-0.39, 0.29) is 12.6 Å². The number of benzene rings is 2. The normalized spacial score (nSPS) is 11.7. The van der Waals surface area contributed by atoms with E-state index in [0.29, 0.717) is 5.69 Å². The smallest absolute Gasteiger partial charge is 0.319 e. The van der Waals surface area contributed by atoms with Crippen molar-refractivity contribution in [1.29, 1.82) is 0 Å². The molecule has 2 rings (SSSR count). The Bertz CT molecular complexity index is 654. The predicted molar refractivity (Wildman–Crippen MR) is 93.9 cm³/mol. The highest BCUT2D eigenvalue weighted by Gasteiger charge is 2.11. The van der Waals surface area contributed by atoms with Crippen molar-refractivity contribution in [2.24, 2.45) is 0 Å². The summed E-state index contributed by atoms with van der Waals surface area (Å²) in [6, 6.07) is 14.8. The molecule has 0 saturated carbocycles. The summed E-state index contributed by atoms with van der Waals surface area (Å²) in [5.41, 5.74) is 3.59. The predicted octanol–water partition coefficient (Wildman–Crippen LogP) is 2.92. The van der Waals surface area contributed by atoms with Gasteiger partial charge in [0, 0.05) is 32.0 Å². The number of carbonyl (C=O) groups excluding carboxylic acids is 1. The Hall–Kier alpha value is -2.53. The fourth-order valence-corrected chi connectivity index (χ4v) is 2.28. The van der Waals surface area contributed by atoms with Crippen LogP contribution >= 0.6 is 0 Å². The Morgan fingerprint density at radius 3 is 2.39 bits per heavy atom. The van der Waals surface area contributed by atoms with Crippen LogP contribution in [-0.2, 0) is 0 Å². The van der Waals surface area contributed by atoms with Gasteiger partial charge in [-0.1, -0.05) is 24.3 Å². The average molecular weight is 313 g/mol. The van der Waals surface area contributed by atoms with E-state index in [0.717, 1.165) is 16.8 Å². The van der Waals surface area contributed by atoms with Crippen molar-refractivity contribution < 1.29 is 9.90 Å². The van der Waals surface area contributed by atoms with Crippen molar-refractivity contribution >= 4 is 17.4 Å². The van der Waals surface area contributed by atoms with Crippen molar-refractivity contribution in [1.82, 2.24) is 5.32 Å². The minimum absolute atomic E-state index is 0.159. The number of nitrogens with one attached hydrogen (secondary N) is 2. The topological polar surface area (TPSA) is 64.6 Å². The number of aliphatic hydroxyl groups is 1. The number of urea groups is 1. The van der Waals surface area contributed by atoms with Gasteiger partial charge >= 0.3 is 6.03 Å². The zero-order valence-corrected chi connectivity index (χ0v) is 13.7. The number of aryl methyl sites for hydroxylation is 1. The van der Waals surface area contributed by atoms with E-state index in [9.17, 15) is 9.90 Å². The third-order valence-corrected chi connectivity index (χ3v) is 3.64. The Kier molecular flexibility index (Phi) is 5.60. The minimum Gasteiger partial charge on any atom is -0.387 e. The van der Waals surface area contributed by atoms with E-state index in [1.807, 2.05) is 74.4 Å². The summed E-state index contributed by atoms with van der Waals surface area (Å²) >= 11 is 0. The molecule has 2 aromatic rings. The quantitative estimate of drug-likeness (QED) is 0.795. The summed E-state index contributed by atoms with van der Waals surface area (Å²) in [5, 5.41) is 15.6. The van der Waals surface area contributed by atoms with Gasteiger partial charge in [-0.15, -0.1) is 0 Å². The van der Waals surface area contributed by atoms with Crippen LogP contribution in [0.1, 0.15) is 17.2 Å². The lowest BCUT2D eigenvalue weighted by molar-refractivity contribution is 0.174. The molecule has 0 radical (unpaired) electrons. The molecule has 122 valence electrons. The van der Waals surface area contributed by atoms with Crippen LogP contribution in [0.15, 0.2) is 48.5 Å². The van der Waals surface area contributed by atoms with Crippen LogP contribution in [0.4, 0.5) is 16.2 Å². The van der Waals surface area contributed by atoms with Crippen LogP contribution in [0, 0.1) is 6.92 Å². The van der Waals surface area contributed by atoms with Gasteiger partial charge in [-0.2, -0.15) is 0 Å². The van der Waals surface area contributed by atoms with Crippen molar-refractivity contribution in [3.8, 4) is 0 Å². The monoisotopic (exact) mass is 313 g/mol. The highest BCUT2D eigenvalue weighted by molar-refractivity contribution is 5.89. The third kappa shape index (κ3) is 4.72. The largest absolute Gasteiger partial charge is 0.387 e. The second-order valence-electron chi connectivity index (χ2n) is 5.65. The maximum Gasteiger partial charge on any atom is 0.319 e. The summed E-state index contributed by atoms with van der Waals surface area (Å²) in [6.45, 7) is 2.09. The molecule has 0 aliphatic carbocycles. The number of carbonyl (C=O) groups is 1. The Labute approximate surface area is 136 Å². The van der Waals surface area contributed by atoms with Crippen molar-refractivity contribution in [2.75, 3.05) is 30.9 Å². The van der Waals surface area contributed by atoms with E-state index < -0.39 is 6.10 Å². The molecule has 5 nitrogen and oxygen atoms in total. The Morgan fingerprint density at radius 1 is 1.13 bits per heavy atom. The van der Waals surface area contributed by atoms with E-state index in [4.69, 9.17) is 0 Å². The summed E-state index contributed by atoms with van der Waals surface area (Å²) in [7, 11) is 3.92. The first-order valence-corrected chi connectivity index (χ1v) is 7.53. The molecule has 5 heteroatoms. The number of anilines is 2. The maximum atomic E-state index is 11.9. The molecule has 1 atom stereocenters. The summed E-state index contributed by atoms with van der Waals surface area (Å²) in [4.78, 5) is 13.9. The molecule has 1 unspecified atom stereocenters. The molecule has 0 spiro atoms. The third-order valence-electron chi connectivity index (χ3n) is 3.64. The minimum atomic E-state index is -0.724. The Morgan fingerprint density at radius 2 is 1.78 bits per heavy atom. The van der Waals surface area contributed by atoms with Crippen molar-refractivity contribution in [2.45, 2.75) is 13.0 Å². The first-order valence-electron chi connectivity index (χ1n) is 7.53. The lowest BCUT2D eigenvalue weighted by atomic mass is 10.0. The number of rotatable bonds is 5. The van der Waals surface area contributed by atoms with Crippen LogP contribution in [-0.4, -0.2) is 31.8 Å². The second kappa shape index (κ2) is 7.65. The van der Waals surface area contributed by atoms with E-state index in [2.05, 4.69) is 10.6 Å². The molecule has 0 heterocycles. The number of aliphatic hydroxyl groups excluding tert-OH is 1. The second-order valence-corrected chi connectivity index (χ2v) is 5.65. The van der Waals surface area contributed by atoms with Gasteiger partial charge in [-0.25, -0.2) is 4.79 Å². The van der Waals surface area contributed by atoms with Gasteiger partial charge in [-0.3, -0.25) is 0 Å². The summed E-state index contributed by atoms with van der Waals surface area (Å²) in [6.07, 6.45) is -0.724. The molecule has 0 saturated heterocycles. The molecule has 3 N–H and O–H groups in total. The fraction of sp³-hybridized carbons (Fsp3) is 0.278. The molecule has 0 aliphatic heterocycles. The first-order chi connectivity index (χ1) is 11.0. The molecule has 0 aromatic heterocycles. The highest BCUT2D eigenvalue weighted by Crippen LogP contribution is 2.17. The van der Waals surface area contributed by atoms with Crippen molar-refractivity contribution in [3.63, 3.8) is 0 Å². The molecule has 0 fully saturated rings. The number of hydrogen-bond donors (Lipinski definition) is 3. The molecular formula is C18H23N3O2. The average Bonchev–Trinajstić information content (AvgIpc) is 2.53. The maximum absolute atomic E-state index is 11.9. The highest BCUT2D eigenvalue weighted by atomic mass is 16.3. The first kappa shape index (κ1) is 16.8. The van der Waals surface area contributed by atoms with Crippen LogP contribution < -0.4 is 15.5 Å². The van der Waals surface area contributed by atoms with Crippen LogP contribution in [0.5, 0.6) is 0 Å². The van der Waals surface area contributed by atoms with Crippen LogP contribution in [0.25, 0.3) is 0 Å². The number of amides is 2. The molecular weight excluding hydrogens is 290 g/mol. The zero-order valence-electron chi connectivity index (χ0n) is 13.7. The lowest BCUT2D eigenvalue weighted by Gasteiger charge is -2.15. The van der Waals surface area contributed by atoms with Crippen LogP contribution in [0.3, 0.4) is 0 Å². The molecule has 2 amide bonds. The Balaban J connectivity index is 1.86. The number of hydrogen-bond acceptors (Lipinski definition) is 3. The van der Waals surface area contributed by atoms with E-state index in [1.54, 1.807) is 0 Å². The van der Waals surface area contributed by atoms with Gasteiger partial charge < -0.3 is 20.6 Å². The van der Waals surface area contributed by atoms with Gasteiger partial charge in [0.2, 0.25) is 0 Å². The van der Waals surface area contributed by atoms with Gasteiger partial charge in [-0.05, 0) is 42.3 Å². The van der Waals surface area contributed by atoms with Crippen molar-refractivity contribution in [3.05, 3.63) is 59.7 Å². The van der Waals surface area contributed by atoms with Gasteiger partial charge in [0.1, 0.15) is 0 Å². The molecule has 0 bridgehead atoms. The van der Waals surface area contributed by atoms with Crippen LogP contribution in [0.2, 0.25) is 0 Å². The van der Waals surface area contributed by atoms with E-state index >= 15 is 0 Å². The fourth-order valence-electron chi connectivity index (χ4n) is 2.28. The molecule has 23 heavy (non-hydrogen) atoms. The standard InChI is InChI=1S/C18H23N3O2/c1-13-6-4-5-7-16(13)17(22)12-19-18(23)20-14-8-10-15(11-9-14)21(2)3/h4-11,17,22H,12H2,1-3H3,(H2,19,20,23). The zero-order chi connectivity index (χ0) is 16.8. The van der Waals surface area contributed by atoms with Gasteiger partial charge in [0.05, 0.1) is 6.10 Å². The van der Waals surface area contributed by atoms with Gasteiger partial charge in [0.15, 0.2) is 0 Å². The molecule has 2 aromatic carbocycles. The molecule has 0 aliphatic rings. The SMILES string of the molecule is Cc1ccccc1C(O)CNC(=O)Nc1ccc(N(C)C)cc1. The van der Waals surface area contributed by atoms with Gasteiger partial charge in [0.25, 0.3) is 0 Å². The number of nitrogens with zero attached hydrogens (tertiary/aromatic N) is 1. The lowest BCUT2D eigenvalue weighted by Crippen LogP contribution is -2.32. The summed E-state index contributed by atoms with van der Waals surface area (Å²) < 4.78 is 0. The summed E-state index contributed by atoms with van der Waals surface area (Å²) in [5.74, 6) is 0. The van der Waals surface area contributed by atoms with E-state index in [1.165, 1.54) is 0 Å².